The van der Waals surface area contributed by atoms with Gasteiger partial charge < -0.3 is 20.3 Å². The summed E-state index contributed by atoms with van der Waals surface area (Å²) in [5.41, 5.74) is 0.807. The molecule has 0 heterocycles. The van der Waals surface area contributed by atoms with E-state index in [1.807, 2.05) is 54.6 Å². The predicted molar refractivity (Wildman–Crippen MR) is 103 cm³/mol. The minimum atomic E-state index is -0.581. The van der Waals surface area contributed by atoms with Gasteiger partial charge in [-0.2, -0.15) is 0 Å². The van der Waals surface area contributed by atoms with Crippen LogP contribution in [0.3, 0.4) is 0 Å². The molecule has 1 fully saturated rings. The summed E-state index contributed by atoms with van der Waals surface area (Å²) in [7, 11) is 0. The molecule has 3 N–H and O–H groups in total. The van der Waals surface area contributed by atoms with Crippen molar-refractivity contribution in [1.82, 2.24) is 5.32 Å². The van der Waals surface area contributed by atoms with Crippen LogP contribution in [0.1, 0.15) is 45.3 Å². The van der Waals surface area contributed by atoms with Gasteiger partial charge in [-0.05, 0) is 69.4 Å². The largest absolute Gasteiger partial charge is 0.457 e. The first-order valence-electron chi connectivity index (χ1n) is 9.28. The first-order chi connectivity index (χ1) is 12.3. The lowest BCUT2D eigenvalue weighted by atomic mass is 9.94. The highest BCUT2D eigenvalue weighted by Crippen LogP contribution is 2.37. The molecule has 26 heavy (non-hydrogen) atoms. The van der Waals surface area contributed by atoms with E-state index in [1.54, 1.807) is 0 Å². The van der Waals surface area contributed by atoms with E-state index < -0.39 is 12.2 Å². The van der Waals surface area contributed by atoms with Crippen LogP contribution < -0.4 is 10.1 Å². The predicted octanol–water partition coefficient (Wildman–Crippen LogP) is 4.04. The Hall–Kier alpha value is -1.88. The molecule has 4 heteroatoms. The zero-order valence-electron chi connectivity index (χ0n) is 15.7. The molecule has 2 aromatic carbocycles. The maximum absolute atomic E-state index is 10.8. The number of nitrogens with one attached hydrogen (secondary N) is 1. The number of aliphatic hydroxyl groups excluding tert-OH is 2. The number of rotatable bonds is 5. The van der Waals surface area contributed by atoms with E-state index in [-0.39, 0.29) is 17.5 Å². The molecule has 0 radical (unpaired) electrons. The molecule has 0 saturated heterocycles. The second kappa shape index (κ2) is 7.78. The molecule has 1 aliphatic carbocycles. The van der Waals surface area contributed by atoms with Crippen molar-refractivity contribution in [3.63, 3.8) is 0 Å². The normalized spacial score (nSPS) is 24.4. The summed E-state index contributed by atoms with van der Waals surface area (Å²) in [6.45, 7) is 6.28. The van der Waals surface area contributed by atoms with Crippen LogP contribution in [0.15, 0.2) is 54.6 Å². The van der Waals surface area contributed by atoms with Crippen molar-refractivity contribution < 1.29 is 14.9 Å². The number of para-hydroxylation sites is 1. The van der Waals surface area contributed by atoms with Gasteiger partial charge in [0.15, 0.2) is 0 Å². The number of hydrogen-bond donors (Lipinski definition) is 3. The number of benzene rings is 2. The Morgan fingerprint density at radius 2 is 1.58 bits per heavy atom. The van der Waals surface area contributed by atoms with Gasteiger partial charge in [-0.3, -0.25) is 0 Å². The fourth-order valence-corrected chi connectivity index (χ4v) is 3.65. The maximum Gasteiger partial charge on any atom is 0.127 e. The molecule has 1 unspecified atom stereocenters. The molecular weight excluding hydrogens is 326 g/mol. The van der Waals surface area contributed by atoms with Crippen LogP contribution in [0.5, 0.6) is 11.5 Å². The summed E-state index contributed by atoms with van der Waals surface area (Å²) in [4.78, 5) is 0. The quantitative estimate of drug-likeness (QED) is 0.757. The monoisotopic (exact) mass is 355 g/mol. The van der Waals surface area contributed by atoms with Gasteiger partial charge in [0.2, 0.25) is 0 Å². The van der Waals surface area contributed by atoms with Gasteiger partial charge in [-0.25, -0.2) is 0 Å². The fourth-order valence-electron chi connectivity index (χ4n) is 3.65. The van der Waals surface area contributed by atoms with Crippen molar-refractivity contribution in [2.75, 3.05) is 0 Å². The SMILES string of the molecule is CC(C)(C)N[C@@H]1C[C@@H](C(O)c2ccc(Oc3ccccc3)cc2)C[C@H]1O. The van der Waals surface area contributed by atoms with Gasteiger partial charge in [-0.1, -0.05) is 30.3 Å². The van der Waals surface area contributed by atoms with Crippen molar-refractivity contribution in [1.29, 1.82) is 0 Å². The first-order valence-corrected chi connectivity index (χ1v) is 9.28. The van der Waals surface area contributed by atoms with Gasteiger partial charge in [0.25, 0.3) is 0 Å². The molecule has 0 amide bonds. The van der Waals surface area contributed by atoms with E-state index in [2.05, 4.69) is 26.1 Å². The average molecular weight is 355 g/mol. The molecule has 0 bridgehead atoms. The number of aliphatic hydroxyl groups is 2. The fraction of sp³-hybridized carbons (Fsp3) is 0.455. The zero-order valence-corrected chi connectivity index (χ0v) is 15.7. The van der Waals surface area contributed by atoms with Crippen molar-refractivity contribution in [2.45, 2.75) is 57.4 Å². The van der Waals surface area contributed by atoms with E-state index in [9.17, 15) is 10.2 Å². The summed E-state index contributed by atoms with van der Waals surface area (Å²) in [5, 5.41) is 24.5. The van der Waals surface area contributed by atoms with Gasteiger partial charge in [0.05, 0.1) is 12.2 Å². The zero-order chi connectivity index (χ0) is 18.7. The van der Waals surface area contributed by atoms with E-state index in [4.69, 9.17) is 4.74 Å². The average Bonchev–Trinajstić information content (AvgIpc) is 2.95. The highest BCUT2D eigenvalue weighted by molar-refractivity contribution is 5.33. The first kappa shape index (κ1) is 18.9. The topological polar surface area (TPSA) is 61.7 Å². The van der Waals surface area contributed by atoms with Crippen LogP contribution in [-0.2, 0) is 0 Å². The Balaban J connectivity index is 1.62. The maximum atomic E-state index is 10.8. The summed E-state index contributed by atoms with van der Waals surface area (Å²) in [6.07, 6.45) is 0.371. The van der Waals surface area contributed by atoms with Crippen LogP contribution in [0.25, 0.3) is 0 Å². The van der Waals surface area contributed by atoms with Gasteiger partial charge in [-0.15, -0.1) is 0 Å². The Bertz CT molecular complexity index is 694. The number of ether oxygens (including phenoxy) is 1. The van der Waals surface area contributed by atoms with Crippen LogP contribution in [0, 0.1) is 5.92 Å². The van der Waals surface area contributed by atoms with Gasteiger partial charge in [0.1, 0.15) is 11.5 Å². The molecule has 140 valence electrons. The molecular formula is C22H29NO3. The van der Waals surface area contributed by atoms with Crippen molar-refractivity contribution >= 4 is 0 Å². The molecule has 1 saturated carbocycles. The molecule has 2 aromatic rings. The number of hydrogen-bond acceptors (Lipinski definition) is 4. The molecule has 1 aliphatic rings. The molecule has 0 aliphatic heterocycles. The smallest absolute Gasteiger partial charge is 0.127 e. The Morgan fingerprint density at radius 1 is 0.962 bits per heavy atom. The third kappa shape index (κ3) is 4.85. The summed E-state index contributed by atoms with van der Waals surface area (Å²) >= 11 is 0. The van der Waals surface area contributed by atoms with E-state index >= 15 is 0 Å². The Kier molecular flexibility index (Phi) is 5.66. The second-order valence-corrected chi connectivity index (χ2v) is 8.23. The minimum absolute atomic E-state index is 0.0235. The lowest BCUT2D eigenvalue weighted by Crippen LogP contribution is -2.47. The van der Waals surface area contributed by atoms with Crippen molar-refractivity contribution in [3.8, 4) is 11.5 Å². The van der Waals surface area contributed by atoms with E-state index in [0.717, 1.165) is 23.5 Å². The molecule has 3 rings (SSSR count). The van der Waals surface area contributed by atoms with Crippen molar-refractivity contribution in [3.05, 3.63) is 60.2 Å². The van der Waals surface area contributed by atoms with Crippen LogP contribution >= 0.6 is 0 Å². The van der Waals surface area contributed by atoms with Crippen LogP contribution in [-0.4, -0.2) is 27.9 Å². The lowest BCUT2D eigenvalue weighted by molar-refractivity contribution is 0.0958. The van der Waals surface area contributed by atoms with E-state index in [0.29, 0.717) is 6.42 Å². The van der Waals surface area contributed by atoms with Gasteiger partial charge >= 0.3 is 0 Å². The highest BCUT2D eigenvalue weighted by atomic mass is 16.5. The van der Waals surface area contributed by atoms with Crippen LogP contribution in [0.2, 0.25) is 0 Å². The van der Waals surface area contributed by atoms with E-state index in [1.165, 1.54) is 0 Å². The third-order valence-corrected chi connectivity index (χ3v) is 4.83. The Morgan fingerprint density at radius 3 is 2.19 bits per heavy atom. The molecule has 0 aromatic heterocycles. The molecule has 4 atom stereocenters. The summed E-state index contributed by atoms with van der Waals surface area (Å²) < 4.78 is 5.80. The van der Waals surface area contributed by atoms with Gasteiger partial charge in [0, 0.05) is 11.6 Å². The third-order valence-electron chi connectivity index (χ3n) is 4.83. The minimum Gasteiger partial charge on any atom is -0.457 e. The standard InChI is InChI=1S/C22H29NO3/c1-22(2,3)23-19-13-16(14-20(19)24)21(25)15-9-11-18(12-10-15)26-17-7-5-4-6-8-17/h4-12,16,19-21,23-25H,13-14H2,1-3H3/t16-,19-,20-,21?/m1/s1. The van der Waals surface area contributed by atoms with Crippen molar-refractivity contribution in [2.24, 2.45) is 5.92 Å². The lowest BCUT2D eigenvalue weighted by Gasteiger charge is -2.28. The highest BCUT2D eigenvalue weighted by Gasteiger charge is 2.38. The second-order valence-electron chi connectivity index (χ2n) is 8.23. The summed E-state index contributed by atoms with van der Waals surface area (Å²) in [6, 6.07) is 17.2. The Labute approximate surface area is 155 Å². The molecule has 0 spiro atoms. The summed E-state index contributed by atoms with van der Waals surface area (Å²) in [5.74, 6) is 1.58. The molecule has 4 nitrogen and oxygen atoms in total. The van der Waals surface area contributed by atoms with Crippen LogP contribution in [0.4, 0.5) is 0 Å².